The zero-order valence-electron chi connectivity index (χ0n) is 10.6. The Labute approximate surface area is 119 Å². The molecule has 2 aliphatic rings. The van der Waals surface area contributed by atoms with Gasteiger partial charge in [0.25, 0.3) is 0 Å². The van der Waals surface area contributed by atoms with Crippen molar-refractivity contribution in [2.24, 2.45) is 0 Å². The van der Waals surface area contributed by atoms with E-state index < -0.39 is 12.1 Å². The zero-order chi connectivity index (χ0) is 13.7. The minimum atomic E-state index is -0.671. The van der Waals surface area contributed by atoms with Gasteiger partial charge in [-0.05, 0) is 30.5 Å². The molecule has 0 saturated carbocycles. The Kier molecular flexibility index (Phi) is 3.11. The summed E-state index contributed by atoms with van der Waals surface area (Å²) in [6, 6.07) is 1.60. The number of hydrogen-bond acceptors (Lipinski definition) is 5. The lowest BCUT2D eigenvalue weighted by Gasteiger charge is -2.22. The fourth-order valence-electron chi connectivity index (χ4n) is 2.59. The number of hydrogen-bond donors (Lipinski definition) is 1. The number of carbonyl (C=O) groups is 1. The maximum Gasteiger partial charge on any atom is 0.356 e. The van der Waals surface area contributed by atoms with Crippen molar-refractivity contribution in [3.8, 4) is 0 Å². The van der Waals surface area contributed by atoms with Crippen molar-refractivity contribution in [3.05, 3.63) is 28.6 Å². The highest BCUT2D eigenvalue weighted by Gasteiger charge is 2.49. The molecule has 2 heterocycles. The number of alkyl halides is 1. The van der Waals surface area contributed by atoms with Crippen LogP contribution in [0.1, 0.15) is 57.7 Å². The zero-order valence-corrected chi connectivity index (χ0v) is 12.2. The summed E-state index contributed by atoms with van der Waals surface area (Å²) < 4.78 is 10.3. The summed E-state index contributed by atoms with van der Waals surface area (Å²) in [5.74, 6) is -0.501. The van der Waals surface area contributed by atoms with Gasteiger partial charge in [-0.2, -0.15) is 0 Å². The number of ether oxygens (including phenoxy) is 2. The molecule has 0 bridgehead atoms. The molecule has 1 saturated heterocycles. The molecule has 1 fully saturated rings. The van der Waals surface area contributed by atoms with Crippen LogP contribution in [0.5, 0.6) is 0 Å². The van der Waals surface area contributed by atoms with Crippen LogP contribution in [0.4, 0.5) is 0 Å². The minimum absolute atomic E-state index is 0.0501. The van der Waals surface area contributed by atoms with Crippen LogP contribution in [0.2, 0.25) is 0 Å². The summed E-state index contributed by atoms with van der Waals surface area (Å²) in [7, 11) is 1.31. The average molecular weight is 328 g/mol. The number of fused-ring (bicyclic) bond motifs is 3. The molecule has 0 unspecified atom stereocenters. The molecule has 19 heavy (non-hydrogen) atoms. The van der Waals surface area contributed by atoms with Gasteiger partial charge in [0, 0.05) is 4.83 Å². The number of nitrogens with zero attached hydrogens (tertiary/aromatic N) is 1. The lowest BCUT2D eigenvalue weighted by Crippen LogP contribution is -2.17. The van der Waals surface area contributed by atoms with E-state index in [1.165, 1.54) is 7.11 Å². The van der Waals surface area contributed by atoms with Gasteiger partial charge in [0.2, 0.25) is 0 Å². The Morgan fingerprint density at radius 3 is 3.05 bits per heavy atom. The first kappa shape index (κ1) is 13.0. The molecule has 0 amide bonds. The van der Waals surface area contributed by atoms with Crippen molar-refractivity contribution < 1.29 is 19.4 Å². The summed E-state index contributed by atoms with van der Waals surface area (Å²) >= 11 is 3.60. The Bertz CT molecular complexity index is 528. The van der Waals surface area contributed by atoms with E-state index in [9.17, 15) is 9.90 Å². The SMILES string of the molecule is COC(=O)c1cc([C@H](C)O)c2c(n1)[C@H]1O[C@H]1C[C@H]2Br. The molecule has 0 spiro atoms. The van der Waals surface area contributed by atoms with E-state index in [2.05, 4.69) is 20.9 Å². The standard InChI is InChI=1S/C13H14BrNO4/c1-5(16)6-3-8(13(17)18-2)15-11-10(6)7(14)4-9-12(11)19-9/h3,5,7,9,12,16H,4H2,1-2H3/t5-,7+,9-,12-/m0/s1. The van der Waals surface area contributed by atoms with Gasteiger partial charge in [0.1, 0.15) is 11.8 Å². The second kappa shape index (κ2) is 4.54. The minimum Gasteiger partial charge on any atom is -0.464 e. The van der Waals surface area contributed by atoms with Crippen molar-refractivity contribution >= 4 is 21.9 Å². The molecule has 1 aliphatic carbocycles. The Morgan fingerprint density at radius 2 is 2.42 bits per heavy atom. The van der Waals surface area contributed by atoms with E-state index in [0.29, 0.717) is 5.56 Å². The number of epoxide rings is 1. The van der Waals surface area contributed by atoms with Crippen LogP contribution in [0.15, 0.2) is 6.07 Å². The van der Waals surface area contributed by atoms with E-state index in [-0.39, 0.29) is 22.7 Å². The molecule has 5 nitrogen and oxygen atoms in total. The third kappa shape index (κ3) is 2.07. The van der Waals surface area contributed by atoms with E-state index >= 15 is 0 Å². The quantitative estimate of drug-likeness (QED) is 0.512. The van der Waals surface area contributed by atoms with E-state index in [1.807, 2.05) is 0 Å². The van der Waals surface area contributed by atoms with Crippen LogP contribution >= 0.6 is 15.9 Å². The third-order valence-electron chi connectivity index (χ3n) is 3.57. The van der Waals surface area contributed by atoms with Crippen LogP contribution in [-0.4, -0.2) is 29.3 Å². The molecule has 1 aliphatic heterocycles. The number of methoxy groups -OCH3 is 1. The molecule has 1 N–H and O–H groups in total. The molecular weight excluding hydrogens is 314 g/mol. The maximum absolute atomic E-state index is 11.7. The highest BCUT2D eigenvalue weighted by atomic mass is 79.9. The molecule has 0 aromatic carbocycles. The highest BCUT2D eigenvalue weighted by molar-refractivity contribution is 9.09. The molecule has 1 aromatic heterocycles. The van der Waals surface area contributed by atoms with E-state index in [1.54, 1.807) is 13.0 Å². The Hall–Kier alpha value is -0.980. The first-order chi connectivity index (χ1) is 9.02. The van der Waals surface area contributed by atoms with Crippen LogP contribution in [0.25, 0.3) is 0 Å². The smallest absolute Gasteiger partial charge is 0.356 e. The van der Waals surface area contributed by atoms with Gasteiger partial charge >= 0.3 is 5.97 Å². The Morgan fingerprint density at radius 1 is 1.68 bits per heavy atom. The molecule has 0 radical (unpaired) electrons. The summed E-state index contributed by atoms with van der Waals surface area (Å²) in [4.78, 5) is 16.1. The van der Waals surface area contributed by atoms with Gasteiger partial charge in [-0.15, -0.1) is 0 Å². The summed E-state index contributed by atoms with van der Waals surface area (Å²) in [5.41, 5.74) is 2.62. The number of esters is 1. The van der Waals surface area contributed by atoms with Gasteiger partial charge in [0.15, 0.2) is 0 Å². The van der Waals surface area contributed by atoms with Crippen molar-refractivity contribution in [2.75, 3.05) is 7.11 Å². The largest absolute Gasteiger partial charge is 0.464 e. The number of aromatic nitrogens is 1. The molecule has 3 rings (SSSR count). The predicted molar refractivity (Wildman–Crippen MR) is 70.1 cm³/mol. The first-order valence-corrected chi connectivity index (χ1v) is 7.05. The van der Waals surface area contributed by atoms with Gasteiger partial charge in [-0.1, -0.05) is 15.9 Å². The van der Waals surface area contributed by atoms with Crippen molar-refractivity contribution in [3.63, 3.8) is 0 Å². The van der Waals surface area contributed by atoms with Crippen LogP contribution in [0, 0.1) is 0 Å². The molecular formula is C13H14BrNO4. The summed E-state index contributed by atoms with van der Waals surface area (Å²) in [6.07, 6.45) is 0.303. The molecule has 102 valence electrons. The van der Waals surface area contributed by atoms with Gasteiger partial charge in [-0.3, -0.25) is 0 Å². The number of carbonyl (C=O) groups excluding carboxylic acids is 1. The topological polar surface area (TPSA) is 72.0 Å². The third-order valence-corrected chi connectivity index (χ3v) is 4.40. The predicted octanol–water partition coefficient (Wildman–Crippen LogP) is 2.20. The van der Waals surface area contributed by atoms with Gasteiger partial charge < -0.3 is 14.6 Å². The van der Waals surface area contributed by atoms with Gasteiger partial charge in [-0.25, -0.2) is 9.78 Å². The normalized spacial score (nSPS) is 29.2. The molecule has 1 aromatic rings. The van der Waals surface area contributed by atoms with Crippen molar-refractivity contribution in [2.45, 2.75) is 36.5 Å². The molecule has 6 heteroatoms. The second-order valence-electron chi connectivity index (χ2n) is 4.86. The number of pyridine rings is 1. The number of aliphatic hydroxyl groups is 1. The van der Waals surface area contributed by atoms with Crippen molar-refractivity contribution in [1.82, 2.24) is 4.98 Å². The van der Waals surface area contributed by atoms with Crippen LogP contribution < -0.4 is 0 Å². The van der Waals surface area contributed by atoms with Crippen molar-refractivity contribution in [1.29, 1.82) is 0 Å². The lowest BCUT2D eigenvalue weighted by molar-refractivity contribution is 0.0593. The monoisotopic (exact) mass is 327 g/mol. The van der Waals surface area contributed by atoms with Crippen LogP contribution in [0.3, 0.4) is 0 Å². The average Bonchev–Trinajstić information content (AvgIpc) is 3.15. The maximum atomic E-state index is 11.7. The number of aliphatic hydroxyl groups excluding tert-OH is 1. The first-order valence-electron chi connectivity index (χ1n) is 6.13. The van der Waals surface area contributed by atoms with E-state index in [4.69, 9.17) is 9.47 Å². The van der Waals surface area contributed by atoms with Crippen LogP contribution in [-0.2, 0) is 9.47 Å². The fourth-order valence-corrected chi connectivity index (χ4v) is 3.46. The summed E-state index contributed by atoms with van der Waals surface area (Å²) in [6.45, 7) is 1.68. The fraction of sp³-hybridized carbons (Fsp3) is 0.538. The Balaban J connectivity index is 2.17. The van der Waals surface area contributed by atoms with E-state index in [0.717, 1.165) is 17.7 Å². The highest BCUT2D eigenvalue weighted by Crippen LogP contribution is 2.53. The van der Waals surface area contributed by atoms with Gasteiger partial charge in [0.05, 0.1) is 25.0 Å². The second-order valence-corrected chi connectivity index (χ2v) is 5.97. The number of rotatable bonds is 2. The molecule has 4 atom stereocenters. The lowest BCUT2D eigenvalue weighted by atomic mass is 9.89. The number of halogens is 1. The summed E-state index contributed by atoms with van der Waals surface area (Å²) in [5, 5.41) is 9.93.